The monoisotopic (exact) mass is 587 g/mol. The minimum absolute atomic E-state index is 0.0675. The highest BCUT2D eigenvalue weighted by Crippen LogP contribution is 2.42. The highest BCUT2D eigenvalue weighted by molar-refractivity contribution is 6.31. The van der Waals surface area contributed by atoms with E-state index in [4.69, 9.17) is 11.6 Å². The summed E-state index contributed by atoms with van der Waals surface area (Å²) in [6.07, 6.45) is -1.37. The predicted octanol–water partition coefficient (Wildman–Crippen LogP) is 5.94. The van der Waals surface area contributed by atoms with E-state index in [0.717, 1.165) is 18.0 Å². The number of hydrogen-bond acceptors (Lipinski definition) is 4. The van der Waals surface area contributed by atoms with Crippen LogP contribution < -0.4 is 15.5 Å². The molecule has 1 atom stereocenters. The molecule has 0 saturated heterocycles. The zero-order valence-corrected chi connectivity index (χ0v) is 21.7. The lowest BCUT2D eigenvalue weighted by Gasteiger charge is -2.30. The van der Waals surface area contributed by atoms with Crippen molar-refractivity contribution in [2.75, 3.05) is 16.8 Å². The summed E-state index contributed by atoms with van der Waals surface area (Å²) in [6.45, 7) is 1.53. The summed E-state index contributed by atoms with van der Waals surface area (Å²) in [4.78, 5) is 32.7. The molecule has 210 valence electrons. The third-order valence-corrected chi connectivity index (χ3v) is 7.43. The number of amides is 2. The van der Waals surface area contributed by atoms with Crippen LogP contribution in [0.25, 0.3) is 0 Å². The minimum Gasteiger partial charge on any atom is -0.362 e. The third kappa shape index (κ3) is 4.99. The highest BCUT2D eigenvalue weighted by atomic mass is 35.5. The van der Waals surface area contributed by atoms with Crippen molar-refractivity contribution in [3.63, 3.8) is 0 Å². The molecule has 0 saturated carbocycles. The number of anilines is 2. The Morgan fingerprint density at radius 2 is 1.85 bits per heavy atom. The number of carbonyl (C=O) groups excluding carboxylic acids is 2. The summed E-state index contributed by atoms with van der Waals surface area (Å²) in [5.74, 6) is -2.64. The molecule has 1 unspecified atom stereocenters. The van der Waals surface area contributed by atoms with Gasteiger partial charge >= 0.3 is 6.18 Å². The van der Waals surface area contributed by atoms with Crippen LogP contribution in [0.5, 0.6) is 0 Å². The second-order valence-electron chi connectivity index (χ2n) is 9.67. The molecule has 0 fully saturated rings. The number of rotatable bonds is 4. The van der Waals surface area contributed by atoms with Crippen molar-refractivity contribution in [1.29, 1.82) is 0 Å². The van der Waals surface area contributed by atoms with Gasteiger partial charge in [-0.05, 0) is 48.5 Å². The van der Waals surface area contributed by atoms with Gasteiger partial charge in [-0.15, -0.1) is 0 Å². The van der Waals surface area contributed by atoms with Crippen LogP contribution in [0.1, 0.15) is 49.3 Å². The van der Waals surface area contributed by atoms with E-state index in [1.54, 1.807) is 18.3 Å². The van der Waals surface area contributed by atoms with Crippen molar-refractivity contribution in [3.8, 4) is 0 Å². The van der Waals surface area contributed by atoms with Crippen molar-refractivity contribution < 1.29 is 31.5 Å². The first-order valence-corrected chi connectivity index (χ1v) is 12.7. The van der Waals surface area contributed by atoms with Crippen molar-refractivity contribution in [2.45, 2.75) is 25.3 Å². The average Bonchev–Trinajstić information content (AvgIpc) is 3.53. The molecule has 0 spiro atoms. The molecular weight excluding hydrogens is 569 g/mol. The molecule has 1 aromatic heterocycles. The fourth-order valence-corrected chi connectivity index (χ4v) is 5.37. The zero-order valence-electron chi connectivity index (χ0n) is 20.9. The quantitative estimate of drug-likeness (QED) is 0.290. The van der Waals surface area contributed by atoms with Crippen molar-refractivity contribution in [2.24, 2.45) is 0 Å². The predicted molar refractivity (Wildman–Crippen MR) is 140 cm³/mol. The Labute approximate surface area is 234 Å². The van der Waals surface area contributed by atoms with Gasteiger partial charge in [-0.3, -0.25) is 9.59 Å². The summed E-state index contributed by atoms with van der Waals surface area (Å²) in [5.41, 5.74) is -0.687. The first-order chi connectivity index (χ1) is 19.5. The van der Waals surface area contributed by atoms with Gasteiger partial charge < -0.3 is 20.1 Å². The number of nitrogens with zero attached hydrogens (tertiary/aromatic N) is 3. The Balaban J connectivity index is 1.46. The number of halogens is 6. The van der Waals surface area contributed by atoms with Crippen LogP contribution in [0.2, 0.25) is 5.02 Å². The van der Waals surface area contributed by atoms with Crippen LogP contribution in [0.3, 0.4) is 0 Å². The molecule has 2 amide bonds. The molecule has 13 heteroatoms. The Morgan fingerprint density at radius 3 is 2.63 bits per heavy atom. The van der Waals surface area contributed by atoms with Crippen molar-refractivity contribution in [3.05, 3.63) is 111 Å². The van der Waals surface area contributed by atoms with E-state index >= 15 is 0 Å². The largest absolute Gasteiger partial charge is 0.416 e. The Morgan fingerprint density at radius 1 is 1.05 bits per heavy atom. The number of aromatic nitrogens is 2. The van der Waals surface area contributed by atoms with Gasteiger partial charge in [0.2, 0.25) is 0 Å². The SMILES string of the molecule is O=C(Nc1cc(N2CCn3ccnc3C2)cc2c1C(c1cc(F)ccc1Cl)NC2=O)c1cc(F)cc(C(F)(F)F)c1. The number of alkyl halides is 3. The van der Waals surface area contributed by atoms with Crippen LogP contribution in [-0.4, -0.2) is 27.9 Å². The molecule has 6 rings (SSSR count). The van der Waals surface area contributed by atoms with Gasteiger partial charge in [0.05, 0.1) is 18.2 Å². The lowest BCUT2D eigenvalue weighted by Crippen LogP contribution is -2.33. The van der Waals surface area contributed by atoms with Crippen LogP contribution in [0.4, 0.5) is 33.3 Å². The molecule has 2 N–H and O–H groups in total. The topological polar surface area (TPSA) is 79.3 Å². The van der Waals surface area contributed by atoms with Gasteiger partial charge in [0.15, 0.2) is 0 Å². The maximum absolute atomic E-state index is 14.2. The van der Waals surface area contributed by atoms with Gasteiger partial charge in [-0.25, -0.2) is 13.8 Å². The number of carbonyl (C=O) groups is 2. The van der Waals surface area contributed by atoms with Crippen LogP contribution in [0, 0.1) is 11.6 Å². The number of hydrogen-bond donors (Lipinski definition) is 2. The van der Waals surface area contributed by atoms with E-state index in [9.17, 15) is 31.5 Å². The number of benzene rings is 3. The van der Waals surface area contributed by atoms with E-state index in [1.807, 2.05) is 15.7 Å². The molecule has 0 radical (unpaired) electrons. The Hall–Kier alpha value is -4.45. The van der Waals surface area contributed by atoms with Crippen molar-refractivity contribution >= 4 is 34.8 Å². The van der Waals surface area contributed by atoms with Gasteiger partial charge in [0.25, 0.3) is 11.8 Å². The molecule has 7 nitrogen and oxygen atoms in total. The van der Waals surface area contributed by atoms with Gasteiger partial charge in [-0.1, -0.05) is 11.6 Å². The maximum atomic E-state index is 14.2. The molecule has 3 aromatic carbocycles. The van der Waals surface area contributed by atoms with Gasteiger partial charge in [0.1, 0.15) is 17.5 Å². The molecule has 41 heavy (non-hydrogen) atoms. The Kier molecular flexibility index (Phi) is 6.45. The number of imidazole rings is 1. The summed E-state index contributed by atoms with van der Waals surface area (Å²) < 4.78 is 70.2. The lowest BCUT2D eigenvalue weighted by molar-refractivity contribution is -0.137. The van der Waals surface area contributed by atoms with E-state index in [0.29, 0.717) is 43.5 Å². The van der Waals surface area contributed by atoms with E-state index < -0.39 is 46.8 Å². The average molecular weight is 588 g/mol. The third-order valence-electron chi connectivity index (χ3n) is 7.09. The minimum atomic E-state index is -4.88. The van der Waals surface area contributed by atoms with Gasteiger partial charge in [-0.2, -0.15) is 13.2 Å². The van der Waals surface area contributed by atoms with Crippen LogP contribution >= 0.6 is 11.6 Å². The van der Waals surface area contributed by atoms with E-state index in [-0.39, 0.29) is 27.4 Å². The summed E-state index contributed by atoms with van der Waals surface area (Å²) in [6, 6.07) is 7.34. The summed E-state index contributed by atoms with van der Waals surface area (Å²) in [7, 11) is 0. The van der Waals surface area contributed by atoms with Crippen molar-refractivity contribution in [1.82, 2.24) is 14.9 Å². The second-order valence-corrected chi connectivity index (χ2v) is 10.1. The number of fused-ring (bicyclic) bond motifs is 2. The summed E-state index contributed by atoms with van der Waals surface area (Å²) >= 11 is 6.34. The maximum Gasteiger partial charge on any atom is 0.416 e. The van der Waals surface area contributed by atoms with E-state index in [1.165, 1.54) is 6.07 Å². The standard InChI is InChI=1S/C28H19ClF5N5O2/c29-21-2-1-16(30)10-19(21)25-24-20(27(41)37-25)11-18(39-6-5-38-4-3-35-23(38)13-39)12-22(24)36-26(40)14-7-15(28(32,33)34)9-17(31)8-14/h1-4,7-12,25H,5-6,13H2,(H,36,40)(H,37,41). The van der Waals surface area contributed by atoms with Gasteiger partial charge in [0, 0.05) is 64.1 Å². The molecule has 2 aliphatic heterocycles. The molecule has 4 aromatic rings. The Bertz CT molecular complexity index is 1720. The second kappa shape index (κ2) is 9.88. The molecular formula is C28H19ClF5N5O2. The smallest absolute Gasteiger partial charge is 0.362 e. The highest BCUT2D eigenvalue weighted by Gasteiger charge is 2.36. The first kappa shape index (κ1) is 26.8. The normalized spacial score (nSPS) is 16.3. The first-order valence-electron chi connectivity index (χ1n) is 12.4. The summed E-state index contributed by atoms with van der Waals surface area (Å²) in [5, 5.41) is 5.46. The molecule has 0 bridgehead atoms. The fraction of sp³-hybridized carbons (Fsp3) is 0.179. The molecule has 3 heterocycles. The molecule has 2 aliphatic rings. The fourth-order valence-electron chi connectivity index (χ4n) is 5.15. The van der Waals surface area contributed by atoms with Crippen LogP contribution in [-0.2, 0) is 19.3 Å². The lowest BCUT2D eigenvalue weighted by atomic mass is 9.95. The number of nitrogens with one attached hydrogen (secondary N) is 2. The molecule has 0 aliphatic carbocycles. The zero-order chi connectivity index (χ0) is 29.1. The van der Waals surface area contributed by atoms with Crippen LogP contribution in [0.15, 0.2) is 60.9 Å². The van der Waals surface area contributed by atoms with E-state index in [2.05, 4.69) is 15.6 Å².